The van der Waals surface area contributed by atoms with E-state index in [0.717, 1.165) is 5.56 Å². The van der Waals surface area contributed by atoms with Crippen molar-refractivity contribution >= 4 is 28.5 Å². The van der Waals surface area contributed by atoms with Crippen molar-refractivity contribution in [1.82, 2.24) is 0 Å². The Balaban J connectivity index is 1.75. The number of carbonyl (C=O) groups excluding carboxylic acids is 1. The van der Waals surface area contributed by atoms with Gasteiger partial charge in [-0.05, 0) is 36.8 Å². The van der Waals surface area contributed by atoms with E-state index in [4.69, 9.17) is 25.5 Å². The van der Waals surface area contributed by atoms with Crippen molar-refractivity contribution < 1.29 is 18.7 Å². The van der Waals surface area contributed by atoms with Gasteiger partial charge in [-0.25, -0.2) is 4.79 Å². The van der Waals surface area contributed by atoms with Gasteiger partial charge >= 0.3 is 5.97 Å². The third-order valence-corrected chi connectivity index (χ3v) is 4.89. The minimum atomic E-state index is -0.721. The highest BCUT2D eigenvalue weighted by Gasteiger charge is 2.21. The number of fused-ring (bicyclic) bond motifs is 1. The van der Waals surface area contributed by atoms with E-state index in [9.17, 15) is 9.59 Å². The van der Waals surface area contributed by atoms with E-state index in [0.29, 0.717) is 21.9 Å². The normalized spacial score (nSPS) is 10.7. The highest BCUT2D eigenvalue weighted by atomic mass is 35.5. The summed E-state index contributed by atoms with van der Waals surface area (Å²) in [6.07, 6.45) is 0. The zero-order valence-electron chi connectivity index (χ0n) is 16.1. The maximum Gasteiger partial charge on any atom is 0.349 e. The standard InChI is InChI=1S/C24H17ClO5/c1-15-12-20-18(13-19(15)25)22(27)24(23(29-20)16-8-4-2-5-9-16)30-21(26)14-28-17-10-6-3-7-11-17/h2-13H,14H2,1H3. The van der Waals surface area contributed by atoms with Gasteiger partial charge in [0.1, 0.15) is 11.3 Å². The molecule has 150 valence electrons. The Morgan fingerprint density at radius 1 is 1.00 bits per heavy atom. The van der Waals surface area contributed by atoms with Crippen molar-refractivity contribution in [1.29, 1.82) is 0 Å². The summed E-state index contributed by atoms with van der Waals surface area (Å²) in [5.41, 5.74) is 1.26. The van der Waals surface area contributed by atoms with Crippen molar-refractivity contribution in [3.63, 3.8) is 0 Å². The van der Waals surface area contributed by atoms with Crippen LogP contribution in [-0.4, -0.2) is 12.6 Å². The summed E-state index contributed by atoms with van der Waals surface area (Å²) in [6.45, 7) is 1.46. The van der Waals surface area contributed by atoms with Gasteiger partial charge in [0.05, 0.1) is 5.39 Å². The van der Waals surface area contributed by atoms with Gasteiger partial charge in [0.25, 0.3) is 0 Å². The molecule has 0 aliphatic heterocycles. The summed E-state index contributed by atoms with van der Waals surface area (Å²) in [6, 6.07) is 21.0. The smallest absolute Gasteiger partial charge is 0.349 e. The number of ether oxygens (including phenoxy) is 2. The number of rotatable bonds is 5. The predicted octanol–water partition coefficient (Wildman–Crippen LogP) is 5.41. The Morgan fingerprint density at radius 2 is 1.67 bits per heavy atom. The van der Waals surface area contributed by atoms with Gasteiger partial charge in [-0.3, -0.25) is 4.79 Å². The molecule has 4 rings (SSSR count). The summed E-state index contributed by atoms with van der Waals surface area (Å²) >= 11 is 6.18. The van der Waals surface area contributed by atoms with Crippen molar-refractivity contribution in [3.05, 3.63) is 93.6 Å². The van der Waals surface area contributed by atoms with Crippen LogP contribution in [0.3, 0.4) is 0 Å². The van der Waals surface area contributed by atoms with Gasteiger partial charge in [0.15, 0.2) is 12.4 Å². The van der Waals surface area contributed by atoms with Crippen LogP contribution in [0.5, 0.6) is 11.5 Å². The van der Waals surface area contributed by atoms with Gasteiger partial charge in [-0.2, -0.15) is 0 Å². The molecule has 0 unspecified atom stereocenters. The summed E-state index contributed by atoms with van der Waals surface area (Å²) in [4.78, 5) is 25.6. The van der Waals surface area contributed by atoms with E-state index in [1.807, 2.05) is 19.1 Å². The van der Waals surface area contributed by atoms with Gasteiger partial charge in [0, 0.05) is 10.6 Å². The summed E-state index contributed by atoms with van der Waals surface area (Å²) in [5.74, 6) is -0.232. The SMILES string of the molecule is Cc1cc2oc(-c3ccccc3)c(OC(=O)COc3ccccc3)c(=O)c2cc1Cl. The van der Waals surface area contributed by atoms with Crippen molar-refractivity contribution in [2.24, 2.45) is 0 Å². The fourth-order valence-corrected chi connectivity index (χ4v) is 3.14. The summed E-state index contributed by atoms with van der Waals surface area (Å²) < 4.78 is 16.8. The van der Waals surface area contributed by atoms with Crippen LogP contribution in [0.1, 0.15) is 5.56 Å². The first-order valence-corrected chi connectivity index (χ1v) is 9.61. The monoisotopic (exact) mass is 420 g/mol. The fourth-order valence-electron chi connectivity index (χ4n) is 2.97. The number of halogens is 1. The molecule has 0 fully saturated rings. The quantitative estimate of drug-likeness (QED) is 0.404. The molecule has 5 nitrogen and oxygen atoms in total. The van der Waals surface area contributed by atoms with Gasteiger partial charge in [-0.1, -0.05) is 60.1 Å². The molecule has 0 aliphatic carbocycles. The number of esters is 1. The van der Waals surface area contributed by atoms with Crippen LogP contribution < -0.4 is 14.9 Å². The molecule has 4 aromatic rings. The molecule has 0 N–H and O–H groups in total. The highest BCUT2D eigenvalue weighted by Crippen LogP contribution is 2.32. The number of hydrogen-bond acceptors (Lipinski definition) is 5. The zero-order chi connectivity index (χ0) is 21.1. The topological polar surface area (TPSA) is 65.7 Å². The number of aryl methyl sites for hydroxylation is 1. The van der Waals surface area contributed by atoms with E-state index in [2.05, 4.69) is 0 Å². The molecule has 3 aromatic carbocycles. The summed E-state index contributed by atoms with van der Waals surface area (Å²) in [5, 5.41) is 0.656. The average molecular weight is 421 g/mol. The molecule has 0 saturated heterocycles. The first-order valence-electron chi connectivity index (χ1n) is 9.24. The number of benzene rings is 3. The molecular formula is C24H17ClO5. The predicted molar refractivity (Wildman–Crippen MR) is 115 cm³/mol. The van der Waals surface area contributed by atoms with Gasteiger partial charge in [-0.15, -0.1) is 0 Å². The van der Waals surface area contributed by atoms with Crippen LogP contribution in [0.15, 0.2) is 82.0 Å². The Kier molecular flexibility index (Phi) is 5.55. The molecule has 0 aliphatic rings. The lowest BCUT2D eigenvalue weighted by Crippen LogP contribution is -2.21. The first kappa shape index (κ1) is 19.7. The third-order valence-electron chi connectivity index (χ3n) is 4.48. The van der Waals surface area contributed by atoms with Crippen LogP contribution in [-0.2, 0) is 4.79 Å². The molecule has 1 heterocycles. The third kappa shape index (κ3) is 4.07. The van der Waals surface area contributed by atoms with Gasteiger partial charge in [0.2, 0.25) is 11.2 Å². The Morgan fingerprint density at radius 3 is 2.37 bits per heavy atom. The lowest BCUT2D eigenvalue weighted by Gasteiger charge is -2.12. The molecule has 0 bridgehead atoms. The Labute approximate surface area is 177 Å². The maximum absolute atomic E-state index is 13.2. The maximum atomic E-state index is 13.2. The van der Waals surface area contributed by atoms with Crippen LogP contribution in [0.25, 0.3) is 22.3 Å². The molecule has 0 spiro atoms. The molecule has 6 heteroatoms. The van der Waals surface area contributed by atoms with E-state index in [1.165, 1.54) is 6.07 Å². The zero-order valence-corrected chi connectivity index (χ0v) is 16.8. The van der Waals surface area contributed by atoms with E-state index < -0.39 is 11.4 Å². The number of carbonyl (C=O) groups is 1. The minimum Gasteiger partial charge on any atom is -0.482 e. The number of para-hydroxylation sites is 1. The Bertz CT molecular complexity index is 1260. The fraction of sp³-hybridized carbons (Fsp3) is 0.0833. The molecule has 0 amide bonds. The molecular weight excluding hydrogens is 404 g/mol. The van der Waals surface area contributed by atoms with Crippen LogP contribution in [0, 0.1) is 6.92 Å². The second kappa shape index (κ2) is 8.43. The van der Waals surface area contributed by atoms with Crippen LogP contribution in [0.2, 0.25) is 5.02 Å². The molecule has 30 heavy (non-hydrogen) atoms. The molecule has 1 aromatic heterocycles. The van der Waals surface area contributed by atoms with Crippen LogP contribution in [0.4, 0.5) is 0 Å². The van der Waals surface area contributed by atoms with Gasteiger partial charge < -0.3 is 13.9 Å². The lowest BCUT2D eigenvalue weighted by molar-refractivity contribution is -0.136. The van der Waals surface area contributed by atoms with E-state index in [1.54, 1.807) is 54.6 Å². The van der Waals surface area contributed by atoms with Crippen molar-refractivity contribution in [2.45, 2.75) is 6.92 Å². The van der Waals surface area contributed by atoms with E-state index in [-0.39, 0.29) is 23.5 Å². The van der Waals surface area contributed by atoms with Crippen molar-refractivity contribution in [2.75, 3.05) is 6.61 Å². The molecule has 0 atom stereocenters. The highest BCUT2D eigenvalue weighted by molar-refractivity contribution is 6.32. The second-order valence-corrected chi connectivity index (χ2v) is 7.04. The summed E-state index contributed by atoms with van der Waals surface area (Å²) in [7, 11) is 0. The largest absolute Gasteiger partial charge is 0.482 e. The average Bonchev–Trinajstić information content (AvgIpc) is 2.77. The molecule has 0 radical (unpaired) electrons. The Hall–Kier alpha value is -3.57. The lowest BCUT2D eigenvalue weighted by atomic mass is 10.1. The minimum absolute atomic E-state index is 0.169. The molecule has 0 saturated carbocycles. The van der Waals surface area contributed by atoms with Crippen LogP contribution >= 0.6 is 11.6 Å². The second-order valence-electron chi connectivity index (χ2n) is 6.63. The van der Waals surface area contributed by atoms with E-state index >= 15 is 0 Å². The first-order chi connectivity index (χ1) is 14.5. The van der Waals surface area contributed by atoms with Crippen molar-refractivity contribution in [3.8, 4) is 22.8 Å². The number of hydrogen-bond donors (Lipinski definition) is 0.